The van der Waals surface area contributed by atoms with Gasteiger partial charge in [-0.05, 0) is 56.7 Å². The number of rotatable bonds is 9. The first-order valence-electron chi connectivity index (χ1n) is 9.41. The molecule has 2 rings (SSSR count). The molecule has 2 aromatic rings. The molecule has 0 aliphatic carbocycles. The lowest BCUT2D eigenvalue weighted by Gasteiger charge is -2.29. The van der Waals surface area contributed by atoms with E-state index in [1.54, 1.807) is 38.3 Å². The van der Waals surface area contributed by atoms with Crippen LogP contribution in [0.1, 0.15) is 26.3 Å². The number of hydrogen-bond acceptors (Lipinski definition) is 4. The molecule has 0 aliphatic rings. The molecule has 0 heterocycles. The van der Waals surface area contributed by atoms with Gasteiger partial charge in [0, 0.05) is 17.6 Å². The second kappa shape index (κ2) is 10.7. The molecule has 0 radical (unpaired) electrons. The highest BCUT2D eigenvalue weighted by atomic mass is 35.5. The van der Waals surface area contributed by atoms with E-state index < -0.39 is 6.04 Å². The lowest BCUT2D eigenvalue weighted by molar-refractivity contribution is -0.142. The SMILES string of the molecule is COc1cccc(CN(C(=O)COc2cccc(Cl)c2)C(C)C(=O)NC(C)C)c1. The Labute approximate surface area is 176 Å². The molecule has 156 valence electrons. The number of ether oxygens (including phenoxy) is 2. The van der Waals surface area contributed by atoms with Crippen LogP contribution in [0, 0.1) is 0 Å². The topological polar surface area (TPSA) is 67.9 Å². The summed E-state index contributed by atoms with van der Waals surface area (Å²) in [5.41, 5.74) is 0.852. The van der Waals surface area contributed by atoms with Crippen LogP contribution in [0.3, 0.4) is 0 Å². The van der Waals surface area contributed by atoms with Crippen LogP contribution >= 0.6 is 11.6 Å². The predicted octanol–water partition coefficient (Wildman–Crippen LogP) is 3.67. The van der Waals surface area contributed by atoms with Crippen molar-refractivity contribution in [3.05, 3.63) is 59.1 Å². The minimum absolute atomic E-state index is 0.0265. The van der Waals surface area contributed by atoms with Gasteiger partial charge in [0.2, 0.25) is 5.91 Å². The van der Waals surface area contributed by atoms with Crippen LogP contribution in [0.4, 0.5) is 0 Å². The van der Waals surface area contributed by atoms with E-state index in [-0.39, 0.29) is 31.0 Å². The second-order valence-corrected chi connectivity index (χ2v) is 7.39. The number of benzene rings is 2. The van der Waals surface area contributed by atoms with E-state index in [1.807, 2.05) is 38.1 Å². The molecule has 0 spiro atoms. The molecule has 29 heavy (non-hydrogen) atoms. The number of carbonyl (C=O) groups is 2. The van der Waals surface area contributed by atoms with E-state index in [2.05, 4.69) is 5.32 Å². The minimum Gasteiger partial charge on any atom is -0.497 e. The van der Waals surface area contributed by atoms with Crippen LogP contribution in [0.5, 0.6) is 11.5 Å². The summed E-state index contributed by atoms with van der Waals surface area (Å²) in [6.07, 6.45) is 0. The highest BCUT2D eigenvalue weighted by Crippen LogP contribution is 2.19. The number of hydrogen-bond donors (Lipinski definition) is 1. The number of carbonyl (C=O) groups excluding carboxylic acids is 2. The van der Waals surface area contributed by atoms with Crippen molar-refractivity contribution in [3.63, 3.8) is 0 Å². The number of nitrogens with one attached hydrogen (secondary N) is 1. The summed E-state index contributed by atoms with van der Waals surface area (Å²) in [5, 5.41) is 3.37. The Kier molecular flexibility index (Phi) is 8.34. The van der Waals surface area contributed by atoms with E-state index in [0.717, 1.165) is 5.56 Å². The van der Waals surface area contributed by atoms with E-state index in [9.17, 15) is 9.59 Å². The summed E-state index contributed by atoms with van der Waals surface area (Å²) in [4.78, 5) is 27.0. The van der Waals surface area contributed by atoms with Gasteiger partial charge in [-0.3, -0.25) is 9.59 Å². The maximum Gasteiger partial charge on any atom is 0.261 e. The largest absolute Gasteiger partial charge is 0.497 e. The molecule has 6 nitrogen and oxygen atoms in total. The summed E-state index contributed by atoms with van der Waals surface area (Å²) in [7, 11) is 1.58. The molecule has 2 amide bonds. The van der Waals surface area contributed by atoms with Crippen molar-refractivity contribution in [2.75, 3.05) is 13.7 Å². The first kappa shape index (κ1) is 22.6. The minimum atomic E-state index is -0.668. The quantitative estimate of drug-likeness (QED) is 0.674. The molecule has 0 saturated heterocycles. The van der Waals surface area contributed by atoms with E-state index >= 15 is 0 Å². The van der Waals surface area contributed by atoms with Gasteiger partial charge in [-0.2, -0.15) is 0 Å². The number of halogens is 1. The standard InChI is InChI=1S/C22H27ClN2O4/c1-15(2)24-22(27)16(3)25(13-17-7-5-9-19(11-17)28-4)21(26)14-29-20-10-6-8-18(23)12-20/h5-12,15-16H,13-14H2,1-4H3,(H,24,27). The zero-order valence-corrected chi connectivity index (χ0v) is 17.9. The highest BCUT2D eigenvalue weighted by molar-refractivity contribution is 6.30. The van der Waals surface area contributed by atoms with Gasteiger partial charge < -0.3 is 19.7 Å². The summed E-state index contributed by atoms with van der Waals surface area (Å²) >= 11 is 5.96. The van der Waals surface area contributed by atoms with Gasteiger partial charge >= 0.3 is 0 Å². The van der Waals surface area contributed by atoms with Gasteiger partial charge in [-0.15, -0.1) is 0 Å². The molecule has 0 aromatic heterocycles. The van der Waals surface area contributed by atoms with Crippen molar-refractivity contribution in [1.29, 1.82) is 0 Å². The van der Waals surface area contributed by atoms with Crippen molar-refractivity contribution >= 4 is 23.4 Å². The number of nitrogens with zero attached hydrogens (tertiary/aromatic N) is 1. The number of methoxy groups -OCH3 is 1. The fourth-order valence-corrected chi connectivity index (χ4v) is 2.92. The Hall–Kier alpha value is -2.73. The third-order valence-corrected chi connectivity index (χ3v) is 4.48. The normalized spacial score (nSPS) is 11.7. The molecular formula is C22H27ClN2O4. The molecule has 7 heteroatoms. The van der Waals surface area contributed by atoms with Crippen molar-refractivity contribution in [2.24, 2.45) is 0 Å². The summed E-state index contributed by atoms with van der Waals surface area (Å²) < 4.78 is 10.8. The molecule has 0 bridgehead atoms. The Morgan fingerprint density at radius 3 is 2.41 bits per heavy atom. The van der Waals surface area contributed by atoms with Crippen molar-refractivity contribution in [1.82, 2.24) is 10.2 Å². The average Bonchev–Trinajstić information content (AvgIpc) is 2.69. The lowest BCUT2D eigenvalue weighted by atomic mass is 10.1. The highest BCUT2D eigenvalue weighted by Gasteiger charge is 2.27. The van der Waals surface area contributed by atoms with Crippen molar-refractivity contribution < 1.29 is 19.1 Å². The van der Waals surface area contributed by atoms with E-state index in [4.69, 9.17) is 21.1 Å². The molecule has 1 atom stereocenters. The molecule has 0 fully saturated rings. The van der Waals surface area contributed by atoms with Crippen LogP contribution < -0.4 is 14.8 Å². The molecule has 1 N–H and O–H groups in total. The molecule has 0 aliphatic heterocycles. The first-order valence-corrected chi connectivity index (χ1v) is 9.79. The van der Waals surface area contributed by atoms with Gasteiger partial charge in [0.25, 0.3) is 5.91 Å². The Bertz CT molecular complexity index is 841. The summed E-state index contributed by atoms with van der Waals surface area (Å²) in [5.74, 6) is 0.647. The van der Waals surface area contributed by atoms with Gasteiger partial charge in [0.05, 0.1) is 7.11 Å². The summed E-state index contributed by atoms with van der Waals surface area (Å²) in [6, 6.07) is 13.5. The van der Waals surface area contributed by atoms with Crippen LogP contribution in [-0.4, -0.2) is 42.5 Å². The zero-order chi connectivity index (χ0) is 21.4. The Balaban J connectivity index is 2.17. The lowest BCUT2D eigenvalue weighted by Crippen LogP contribution is -2.50. The van der Waals surface area contributed by atoms with Gasteiger partial charge in [-0.1, -0.05) is 29.8 Å². The maximum absolute atomic E-state index is 12.9. The fourth-order valence-electron chi connectivity index (χ4n) is 2.74. The maximum atomic E-state index is 12.9. The van der Waals surface area contributed by atoms with Crippen LogP contribution in [-0.2, 0) is 16.1 Å². The first-order chi connectivity index (χ1) is 13.8. The molecule has 2 aromatic carbocycles. The average molecular weight is 419 g/mol. The van der Waals surface area contributed by atoms with Crippen molar-refractivity contribution in [3.8, 4) is 11.5 Å². The van der Waals surface area contributed by atoms with Crippen LogP contribution in [0.15, 0.2) is 48.5 Å². The monoisotopic (exact) mass is 418 g/mol. The smallest absolute Gasteiger partial charge is 0.261 e. The van der Waals surface area contributed by atoms with Gasteiger partial charge in [0.1, 0.15) is 17.5 Å². The Morgan fingerprint density at radius 1 is 1.07 bits per heavy atom. The number of amides is 2. The third-order valence-electron chi connectivity index (χ3n) is 4.24. The van der Waals surface area contributed by atoms with Crippen LogP contribution in [0.2, 0.25) is 5.02 Å². The predicted molar refractivity (Wildman–Crippen MR) is 113 cm³/mol. The Morgan fingerprint density at radius 2 is 1.76 bits per heavy atom. The zero-order valence-electron chi connectivity index (χ0n) is 17.1. The molecular weight excluding hydrogens is 392 g/mol. The third kappa shape index (κ3) is 6.98. The molecule has 0 saturated carbocycles. The fraction of sp³-hybridized carbons (Fsp3) is 0.364. The van der Waals surface area contributed by atoms with E-state index in [1.165, 1.54) is 4.90 Å². The van der Waals surface area contributed by atoms with Gasteiger partial charge in [0.15, 0.2) is 6.61 Å². The van der Waals surface area contributed by atoms with Crippen LogP contribution in [0.25, 0.3) is 0 Å². The summed E-state index contributed by atoms with van der Waals surface area (Å²) in [6.45, 7) is 5.50. The van der Waals surface area contributed by atoms with Gasteiger partial charge in [-0.25, -0.2) is 0 Å². The molecule has 1 unspecified atom stereocenters. The second-order valence-electron chi connectivity index (χ2n) is 6.96. The van der Waals surface area contributed by atoms with E-state index in [0.29, 0.717) is 16.5 Å². The van der Waals surface area contributed by atoms with Crippen molar-refractivity contribution in [2.45, 2.75) is 39.4 Å².